The van der Waals surface area contributed by atoms with Gasteiger partial charge in [0.15, 0.2) is 5.16 Å². The van der Waals surface area contributed by atoms with Crippen LogP contribution in [0.5, 0.6) is 0 Å². The Bertz CT molecular complexity index is 942. The number of rotatable bonds is 6. The lowest BCUT2D eigenvalue weighted by atomic mass is 10.1. The van der Waals surface area contributed by atoms with E-state index in [1.165, 1.54) is 23.5 Å². The van der Waals surface area contributed by atoms with Crippen molar-refractivity contribution in [1.29, 1.82) is 0 Å². The highest BCUT2D eigenvalue weighted by Crippen LogP contribution is 2.25. The third-order valence-corrected chi connectivity index (χ3v) is 5.33. The van der Waals surface area contributed by atoms with Gasteiger partial charge in [-0.25, -0.2) is 15.0 Å². The van der Waals surface area contributed by atoms with E-state index in [4.69, 9.17) is 0 Å². The highest BCUT2D eigenvalue weighted by molar-refractivity contribution is 7.98. The number of anilines is 1. The van der Waals surface area contributed by atoms with Crippen LogP contribution in [-0.4, -0.2) is 27.1 Å². The molecule has 27 heavy (non-hydrogen) atoms. The predicted octanol–water partition coefficient (Wildman–Crippen LogP) is 4.75. The number of hydrogen-bond acceptors (Lipinski definition) is 6. The van der Waals surface area contributed by atoms with Crippen LogP contribution in [0.25, 0.3) is 0 Å². The van der Waals surface area contributed by atoms with Crippen LogP contribution >= 0.6 is 23.5 Å². The van der Waals surface area contributed by atoms with Crippen LogP contribution in [0.15, 0.2) is 59.0 Å². The summed E-state index contributed by atoms with van der Waals surface area (Å²) in [6.45, 7) is 4.02. The van der Waals surface area contributed by atoms with Gasteiger partial charge in [0.05, 0.1) is 11.3 Å². The number of pyridine rings is 1. The van der Waals surface area contributed by atoms with E-state index in [9.17, 15) is 4.79 Å². The van der Waals surface area contributed by atoms with Crippen LogP contribution in [0.3, 0.4) is 0 Å². The van der Waals surface area contributed by atoms with Crippen molar-refractivity contribution in [3.8, 4) is 0 Å². The van der Waals surface area contributed by atoms with Gasteiger partial charge in [-0.05, 0) is 61.6 Å². The van der Waals surface area contributed by atoms with Gasteiger partial charge in [0, 0.05) is 23.8 Å². The lowest BCUT2D eigenvalue weighted by molar-refractivity contribution is 0.102. The molecular formula is C20H20N4OS2. The summed E-state index contributed by atoms with van der Waals surface area (Å²) in [6, 6.07) is 11.4. The molecule has 0 saturated carbocycles. The number of nitrogens with zero attached hydrogens (tertiary/aromatic N) is 3. The number of benzene rings is 1. The van der Waals surface area contributed by atoms with Crippen molar-refractivity contribution in [2.75, 3.05) is 11.6 Å². The van der Waals surface area contributed by atoms with Crippen LogP contribution in [-0.2, 0) is 5.75 Å². The van der Waals surface area contributed by atoms with Crippen LogP contribution in [0, 0.1) is 13.8 Å². The molecule has 0 radical (unpaired) electrons. The van der Waals surface area contributed by atoms with E-state index in [2.05, 4.69) is 26.3 Å². The second-order valence-corrected chi connectivity index (χ2v) is 7.75. The fraction of sp³-hybridized carbons (Fsp3) is 0.200. The monoisotopic (exact) mass is 396 g/mol. The maximum atomic E-state index is 12.8. The minimum absolute atomic E-state index is 0.164. The Morgan fingerprint density at radius 3 is 2.59 bits per heavy atom. The maximum Gasteiger partial charge on any atom is 0.258 e. The van der Waals surface area contributed by atoms with Crippen molar-refractivity contribution in [3.05, 3.63) is 71.2 Å². The van der Waals surface area contributed by atoms with E-state index in [0.29, 0.717) is 16.3 Å². The largest absolute Gasteiger partial charge is 0.322 e. The third kappa shape index (κ3) is 5.30. The summed E-state index contributed by atoms with van der Waals surface area (Å²) < 4.78 is 0. The summed E-state index contributed by atoms with van der Waals surface area (Å²) >= 11 is 3.00. The number of hydrogen-bond donors (Lipinski definition) is 1. The van der Waals surface area contributed by atoms with E-state index in [0.717, 1.165) is 27.7 Å². The van der Waals surface area contributed by atoms with Crippen molar-refractivity contribution < 1.29 is 4.79 Å². The van der Waals surface area contributed by atoms with E-state index in [1.807, 2.05) is 38.3 Å². The Morgan fingerprint density at radius 2 is 1.85 bits per heavy atom. The molecule has 0 fully saturated rings. The second kappa shape index (κ2) is 9.01. The number of carbonyl (C=O) groups is 1. The molecule has 0 aliphatic carbocycles. The number of aryl methyl sites for hydroxylation is 2. The van der Waals surface area contributed by atoms with E-state index >= 15 is 0 Å². The smallest absolute Gasteiger partial charge is 0.258 e. The summed E-state index contributed by atoms with van der Waals surface area (Å²) in [5.41, 5.74) is 4.48. The summed E-state index contributed by atoms with van der Waals surface area (Å²) in [4.78, 5) is 25.8. The highest BCUT2D eigenvalue weighted by atomic mass is 32.2. The van der Waals surface area contributed by atoms with Gasteiger partial charge in [-0.1, -0.05) is 29.6 Å². The molecule has 1 amide bonds. The Hall–Kier alpha value is -2.38. The van der Waals surface area contributed by atoms with Crippen molar-refractivity contribution >= 4 is 35.1 Å². The topological polar surface area (TPSA) is 67.8 Å². The Labute approximate surface area is 167 Å². The number of thioether (sulfide) groups is 2. The molecule has 2 aromatic heterocycles. The molecule has 1 aromatic carbocycles. The molecule has 0 aliphatic heterocycles. The molecule has 0 saturated heterocycles. The molecule has 3 rings (SSSR count). The highest BCUT2D eigenvalue weighted by Gasteiger charge is 2.14. The summed E-state index contributed by atoms with van der Waals surface area (Å²) in [5.74, 6) is 0.458. The zero-order valence-electron chi connectivity index (χ0n) is 15.4. The number of aromatic nitrogens is 3. The molecule has 0 aliphatic rings. The van der Waals surface area contributed by atoms with Gasteiger partial charge in [0.2, 0.25) is 0 Å². The second-order valence-electron chi connectivity index (χ2n) is 6.01. The molecule has 0 spiro atoms. The maximum absolute atomic E-state index is 12.8. The summed E-state index contributed by atoms with van der Waals surface area (Å²) in [6.07, 6.45) is 5.39. The first kappa shape index (κ1) is 19.4. The first-order valence-electron chi connectivity index (χ1n) is 8.38. The molecule has 0 unspecified atom stereocenters. The molecule has 0 bridgehead atoms. The minimum atomic E-state index is -0.164. The van der Waals surface area contributed by atoms with Crippen LogP contribution in [0.1, 0.15) is 27.2 Å². The normalized spacial score (nSPS) is 10.6. The molecular weight excluding hydrogens is 376 g/mol. The first-order valence-corrected chi connectivity index (χ1v) is 10.6. The van der Waals surface area contributed by atoms with Gasteiger partial charge < -0.3 is 5.32 Å². The third-order valence-electron chi connectivity index (χ3n) is 3.73. The molecule has 138 valence electrons. The van der Waals surface area contributed by atoms with Crippen molar-refractivity contribution in [2.45, 2.75) is 29.8 Å². The zero-order valence-corrected chi connectivity index (χ0v) is 17.0. The van der Waals surface area contributed by atoms with Gasteiger partial charge in [-0.3, -0.25) is 4.79 Å². The summed E-state index contributed by atoms with van der Waals surface area (Å²) in [7, 11) is 0. The van der Waals surface area contributed by atoms with Crippen LogP contribution < -0.4 is 5.32 Å². The molecule has 2 heterocycles. The Morgan fingerprint density at radius 1 is 1.07 bits per heavy atom. The number of nitrogens with one attached hydrogen (secondary N) is 1. The molecule has 5 nitrogen and oxygen atoms in total. The van der Waals surface area contributed by atoms with Gasteiger partial charge >= 0.3 is 0 Å². The summed E-state index contributed by atoms with van der Waals surface area (Å²) in [5, 5.41) is 4.40. The fourth-order valence-corrected chi connectivity index (χ4v) is 3.89. The van der Waals surface area contributed by atoms with Crippen molar-refractivity contribution in [1.82, 2.24) is 15.0 Å². The van der Waals surface area contributed by atoms with Crippen molar-refractivity contribution in [3.63, 3.8) is 0 Å². The fourth-order valence-electron chi connectivity index (χ4n) is 2.62. The standard InChI is InChI=1S/C20H20N4OS2/c1-13-9-14(2)11-16(10-13)23-18(25)17-5-4-7-21-19(17)27-12-15-6-8-22-20(24-15)26-3/h4-11H,12H2,1-3H3,(H,23,25). The first-order chi connectivity index (χ1) is 13.0. The average molecular weight is 397 g/mol. The van der Waals surface area contributed by atoms with Crippen LogP contribution in [0.4, 0.5) is 5.69 Å². The number of amides is 1. The van der Waals surface area contributed by atoms with Gasteiger partial charge in [0.25, 0.3) is 5.91 Å². The quantitative estimate of drug-likeness (QED) is 0.479. The van der Waals surface area contributed by atoms with E-state index in [1.54, 1.807) is 24.5 Å². The Kier molecular flexibility index (Phi) is 6.47. The predicted molar refractivity (Wildman–Crippen MR) is 111 cm³/mol. The Balaban J connectivity index is 1.75. The van der Waals surface area contributed by atoms with Gasteiger partial charge in [-0.15, -0.1) is 0 Å². The molecule has 3 aromatic rings. The molecule has 0 atom stereocenters. The lowest BCUT2D eigenvalue weighted by Crippen LogP contribution is -2.14. The van der Waals surface area contributed by atoms with Gasteiger partial charge in [0.1, 0.15) is 5.03 Å². The average Bonchev–Trinajstić information content (AvgIpc) is 2.66. The van der Waals surface area contributed by atoms with E-state index in [-0.39, 0.29) is 5.91 Å². The molecule has 7 heteroatoms. The van der Waals surface area contributed by atoms with Crippen LogP contribution in [0.2, 0.25) is 0 Å². The number of carbonyl (C=O) groups excluding carboxylic acids is 1. The molecule has 1 N–H and O–H groups in total. The lowest BCUT2D eigenvalue weighted by Gasteiger charge is -2.10. The SMILES string of the molecule is CSc1nccc(CSc2ncccc2C(=O)Nc2cc(C)cc(C)c2)n1. The zero-order chi connectivity index (χ0) is 19.2. The van der Waals surface area contributed by atoms with E-state index < -0.39 is 0 Å². The minimum Gasteiger partial charge on any atom is -0.322 e. The van der Waals surface area contributed by atoms with Crippen molar-refractivity contribution in [2.24, 2.45) is 0 Å². The van der Waals surface area contributed by atoms with Gasteiger partial charge in [-0.2, -0.15) is 0 Å².